The Morgan fingerprint density at radius 1 is 1.60 bits per heavy atom. The van der Waals surface area contributed by atoms with Crippen LogP contribution in [0.5, 0.6) is 0 Å². The molecule has 1 atom stereocenters. The summed E-state index contributed by atoms with van der Waals surface area (Å²) in [4.78, 5) is 0. The van der Waals surface area contributed by atoms with E-state index in [0.717, 1.165) is 0 Å². The van der Waals surface area contributed by atoms with Crippen LogP contribution in [0.4, 0.5) is 15.8 Å². The summed E-state index contributed by atoms with van der Waals surface area (Å²) in [6, 6.07) is 2.61. The zero-order chi connectivity index (χ0) is 11.4. The molecular formula is C10H14ClFN2O. The number of rotatable bonds is 4. The van der Waals surface area contributed by atoms with E-state index in [4.69, 9.17) is 22.4 Å². The Labute approximate surface area is 93.0 Å². The lowest BCUT2D eigenvalue weighted by molar-refractivity contribution is 0.189. The Balaban J connectivity index is 2.65. The monoisotopic (exact) mass is 232 g/mol. The van der Waals surface area contributed by atoms with Gasteiger partial charge in [-0.1, -0.05) is 11.6 Å². The molecule has 0 fully saturated rings. The number of anilines is 2. The van der Waals surface area contributed by atoms with E-state index in [1.807, 2.05) is 0 Å². The third kappa shape index (κ3) is 3.57. The molecule has 1 aromatic rings. The van der Waals surface area contributed by atoms with Crippen LogP contribution in [0, 0.1) is 5.82 Å². The highest BCUT2D eigenvalue weighted by molar-refractivity contribution is 6.31. The van der Waals surface area contributed by atoms with Crippen molar-refractivity contribution in [3.8, 4) is 0 Å². The predicted octanol–water partition coefficient (Wildman–Crippen LogP) is 2.24. The third-order valence-electron chi connectivity index (χ3n) is 1.97. The van der Waals surface area contributed by atoms with Crippen LogP contribution >= 0.6 is 11.6 Å². The van der Waals surface area contributed by atoms with Gasteiger partial charge in [-0.15, -0.1) is 0 Å². The molecule has 4 N–H and O–H groups in total. The van der Waals surface area contributed by atoms with Crippen molar-refractivity contribution in [3.05, 3.63) is 23.0 Å². The molecule has 0 aliphatic heterocycles. The number of nitrogens with one attached hydrogen (secondary N) is 1. The number of nitrogen functional groups attached to an aromatic ring is 1. The smallest absolute Gasteiger partial charge is 0.143 e. The van der Waals surface area contributed by atoms with Crippen molar-refractivity contribution in [2.24, 2.45) is 0 Å². The maximum atomic E-state index is 12.9. The van der Waals surface area contributed by atoms with Gasteiger partial charge in [0, 0.05) is 12.6 Å². The molecule has 15 heavy (non-hydrogen) atoms. The Hall–Kier alpha value is -1.00. The van der Waals surface area contributed by atoms with Gasteiger partial charge in [-0.05, 0) is 19.4 Å². The predicted molar refractivity (Wildman–Crippen MR) is 60.6 cm³/mol. The van der Waals surface area contributed by atoms with Gasteiger partial charge in [0.15, 0.2) is 0 Å². The molecule has 1 unspecified atom stereocenters. The zero-order valence-corrected chi connectivity index (χ0v) is 9.18. The Bertz CT molecular complexity index is 344. The molecule has 5 heteroatoms. The van der Waals surface area contributed by atoms with Gasteiger partial charge in [-0.3, -0.25) is 0 Å². The number of halogens is 2. The summed E-state index contributed by atoms with van der Waals surface area (Å²) >= 11 is 5.61. The highest BCUT2D eigenvalue weighted by atomic mass is 35.5. The van der Waals surface area contributed by atoms with Crippen LogP contribution in [0.2, 0.25) is 5.02 Å². The maximum Gasteiger partial charge on any atom is 0.143 e. The number of aliphatic hydroxyl groups excluding tert-OH is 1. The summed E-state index contributed by atoms with van der Waals surface area (Å²) in [5.41, 5.74) is 6.48. The number of aliphatic hydroxyl groups is 1. The van der Waals surface area contributed by atoms with E-state index < -0.39 is 5.82 Å². The molecule has 0 aliphatic rings. The van der Waals surface area contributed by atoms with Crippen LogP contribution in [0.15, 0.2) is 12.1 Å². The van der Waals surface area contributed by atoms with Gasteiger partial charge in [0.25, 0.3) is 0 Å². The Kier molecular flexibility index (Phi) is 4.17. The summed E-state index contributed by atoms with van der Waals surface area (Å²) in [5.74, 6) is -0.532. The topological polar surface area (TPSA) is 58.3 Å². The lowest BCUT2D eigenvalue weighted by atomic mass is 10.2. The van der Waals surface area contributed by atoms with Crippen molar-refractivity contribution in [3.63, 3.8) is 0 Å². The van der Waals surface area contributed by atoms with E-state index >= 15 is 0 Å². The average molecular weight is 233 g/mol. The van der Waals surface area contributed by atoms with Crippen LogP contribution in [0.25, 0.3) is 0 Å². The highest BCUT2D eigenvalue weighted by Crippen LogP contribution is 2.26. The van der Waals surface area contributed by atoms with Gasteiger partial charge in [0.05, 0.1) is 22.5 Å². The van der Waals surface area contributed by atoms with Crippen molar-refractivity contribution in [2.45, 2.75) is 19.4 Å². The molecule has 0 radical (unpaired) electrons. The SMILES string of the molecule is CC(O)CCNc1cc(Cl)c(F)cc1N. The van der Waals surface area contributed by atoms with Crippen LogP contribution in [0.3, 0.4) is 0 Å². The number of hydrogen-bond acceptors (Lipinski definition) is 3. The summed E-state index contributed by atoms with van der Waals surface area (Å²) in [6.07, 6.45) is 0.212. The summed E-state index contributed by atoms with van der Waals surface area (Å²) in [7, 11) is 0. The highest BCUT2D eigenvalue weighted by Gasteiger charge is 2.05. The summed E-state index contributed by atoms with van der Waals surface area (Å²) in [5, 5.41) is 12.0. The minimum absolute atomic E-state index is 0.0312. The molecule has 1 aromatic carbocycles. The van der Waals surface area contributed by atoms with Crippen molar-refractivity contribution < 1.29 is 9.50 Å². The van der Waals surface area contributed by atoms with E-state index in [1.165, 1.54) is 12.1 Å². The largest absolute Gasteiger partial charge is 0.397 e. The quantitative estimate of drug-likeness (QED) is 0.698. The van der Waals surface area contributed by atoms with Gasteiger partial charge >= 0.3 is 0 Å². The van der Waals surface area contributed by atoms with Crippen molar-refractivity contribution in [2.75, 3.05) is 17.6 Å². The van der Waals surface area contributed by atoms with E-state index in [0.29, 0.717) is 24.3 Å². The van der Waals surface area contributed by atoms with Gasteiger partial charge in [-0.2, -0.15) is 0 Å². The van der Waals surface area contributed by atoms with Gasteiger partial charge in [0.2, 0.25) is 0 Å². The lowest BCUT2D eigenvalue weighted by Gasteiger charge is -2.11. The van der Waals surface area contributed by atoms with E-state index in [2.05, 4.69) is 5.32 Å². The van der Waals surface area contributed by atoms with Gasteiger partial charge in [-0.25, -0.2) is 4.39 Å². The minimum Gasteiger partial charge on any atom is -0.397 e. The fourth-order valence-corrected chi connectivity index (χ4v) is 1.29. The lowest BCUT2D eigenvalue weighted by Crippen LogP contribution is -2.11. The van der Waals surface area contributed by atoms with Crippen LogP contribution in [-0.4, -0.2) is 17.8 Å². The second-order valence-electron chi connectivity index (χ2n) is 3.42. The molecular weight excluding hydrogens is 219 g/mol. The number of hydrogen-bond donors (Lipinski definition) is 3. The molecule has 84 valence electrons. The molecule has 0 amide bonds. The molecule has 3 nitrogen and oxygen atoms in total. The molecule has 0 heterocycles. The Morgan fingerprint density at radius 2 is 2.27 bits per heavy atom. The fourth-order valence-electron chi connectivity index (χ4n) is 1.13. The summed E-state index contributed by atoms with van der Waals surface area (Å²) < 4.78 is 12.9. The van der Waals surface area contributed by atoms with Crippen LogP contribution < -0.4 is 11.1 Å². The fraction of sp³-hybridized carbons (Fsp3) is 0.400. The standard InChI is InChI=1S/C10H14ClFN2O/c1-6(15)2-3-14-10-4-7(11)8(12)5-9(10)13/h4-6,14-15H,2-3,13H2,1H3. The molecule has 0 saturated heterocycles. The molecule has 0 aromatic heterocycles. The first kappa shape index (κ1) is 12.1. The molecule has 1 rings (SSSR count). The van der Waals surface area contributed by atoms with Crippen molar-refractivity contribution in [1.29, 1.82) is 0 Å². The third-order valence-corrected chi connectivity index (χ3v) is 2.26. The summed E-state index contributed by atoms with van der Waals surface area (Å²) in [6.45, 7) is 2.26. The van der Waals surface area contributed by atoms with Gasteiger partial charge in [0.1, 0.15) is 5.82 Å². The molecule has 0 bridgehead atoms. The van der Waals surface area contributed by atoms with Crippen LogP contribution in [-0.2, 0) is 0 Å². The van der Waals surface area contributed by atoms with Crippen molar-refractivity contribution >= 4 is 23.0 Å². The molecule has 0 saturated carbocycles. The minimum atomic E-state index is -0.532. The first-order valence-corrected chi connectivity index (χ1v) is 5.05. The molecule has 0 aliphatic carbocycles. The zero-order valence-electron chi connectivity index (χ0n) is 8.43. The first-order chi connectivity index (χ1) is 7.00. The normalized spacial score (nSPS) is 12.5. The maximum absolute atomic E-state index is 12.9. The van der Waals surface area contributed by atoms with Gasteiger partial charge < -0.3 is 16.2 Å². The van der Waals surface area contributed by atoms with Crippen LogP contribution in [0.1, 0.15) is 13.3 Å². The van der Waals surface area contributed by atoms with Crippen molar-refractivity contribution in [1.82, 2.24) is 0 Å². The van der Waals surface area contributed by atoms with E-state index in [1.54, 1.807) is 6.92 Å². The Morgan fingerprint density at radius 3 is 2.87 bits per heavy atom. The van der Waals surface area contributed by atoms with E-state index in [9.17, 15) is 4.39 Å². The number of nitrogens with two attached hydrogens (primary N) is 1. The second kappa shape index (κ2) is 5.19. The number of benzene rings is 1. The van der Waals surface area contributed by atoms with E-state index in [-0.39, 0.29) is 11.1 Å². The first-order valence-electron chi connectivity index (χ1n) is 4.67. The second-order valence-corrected chi connectivity index (χ2v) is 3.83. The molecule has 0 spiro atoms. The average Bonchev–Trinajstić information content (AvgIpc) is 2.13.